The van der Waals surface area contributed by atoms with Crippen LogP contribution in [0.15, 0.2) is 81.6 Å². The van der Waals surface area contributed by atoms with Crippen molar-refractivity contribution in [3.05, 3.63) is 76.6 Å². The van der Waals surface area contributed by atoms with Gasteiger partial charge in [0.15, 0.2) is 0 Å². The van der Waals surface area contributed by atoms with Crippen LogP contribution in [0.25, 0.3) is 0 Å². The predicted molar refractivity (Wildman–Crippen MR) is 117 cm³/mol. The Hall–Kier alpha value is -2.10. The van der Waals surface area contributed by atoms with E-state index in [1.54, 1.807) is 0 Å². The van der Waals surface area contributed by atoms with E-state index >= 15 is 0 Å². The fourth-order valence-corrected chi connectivity index (χ4v) is 2.65. The maximum Gasteiger partial charge on any atom is 0.0583 e. The summed E-state index contributed by atoms with van der Waals surface area (Å²) in [5.74, 6) is 0. The Labute approximate surface area is 163 Å². The summed E-state index contributed by atoms with van der Waals surface area (Å²) in [5.41, 5.74) is 4.05. The predicted octanol–water partition coefficient (Wildman–Crippen LogP) is 6.00. The van der Waals surface area contributed by atoms with Crippen LogP contribution in [0.1, 0.15) is 27.7 Å². The maximum absolute atomic E-state index is 6.60. The Morgan fingerprint density at radius 2 is 1.85 bits per heavy atom. The second kappa shape index (κ2) is 12.3. The van der Waals surface area contributed by atoms with Crippen LogP contribution in [-0.2, 0) is 0 Å². The SMILES string of the molecule is C/C=C\C(=C/C)N=CC1=C(Cl)/C(=C/Nc2ccccc2)CN(C)C1.CC. The molecule has 1 heterocycles. The second-order valence-electron chi connectivity index (χ2n) is 5.66. The van der Waals surface area contributed by atoms with Crippen molar-refractivity contribution in [1.29, 1.82) is 0 Å². The van der Waals surface area contributed by atoms with Gasteiger partial charge in [0.2, 0.25) is 0 Å². The van der Waals surface area contributed by atoms with Crippen LogP contribution >= 0.6 is 11.6 Å². The van der Waals surface area contributed by atoms with Gasteiger partial charge in [-0.3, -0.25) is 9.89 Å². The van der Waals surface area contributed by atoms with Gasteiger partial charge < -0.3 is 5.32 Å². The minimum absolute atomic E-state index is 0.774. The smallest absolute Gasteiger partial charge is 0.0583 e. The summed E-state index contributed by atoms with van der Waals surface area (Å²) in [6.07, 6.45) is 9.77. The van der Waals surface area contributed by atoms with E-state index in [4.69, 9.17) is 11.6 Å². The second-order valence-corrected chi connectivity index (χ2v) is 6.04. The number of nitrogens with one attached hydrogen (secondary N) is 1. The van der Waals surface area contributed by atoms with Crippen molar-refractivity contribution in [2.24, 2.45) is 4.99 Å². The van der Waals surface area contributed by atoms with Crippen molar-refractivity contribution in [3.63, 3.8) is 0 Å². The summed E-state index contributed by atoms with van der Waals surface area (Å²) in [6, 6.07) is 10.1. The molecular weight excluding hydrogens is 342 g/mol. The van der Waals surface area contributed by atoms with E-state index < -0.39 is 0 Å². The topological polar surface area (TPSA) is 27.6 Å². The monoisotopic (exact) mass is 371 g/mol. The minimum atomic E-state index is 0.774. The molecule has 0 saturated heterocycles. The number of para-hydroxylation sites is 1. The Bertz CT molecular complexity index is 697. The van der Waals surface area contributed by atoms with Crippen molar-refractivity contribution in [2.45, 2.75) is 27.7 Å². The van der Waals surface area contributed by atoms with Crippen molar-refractivity contribution < 1.29 is 0 Å². The lowest BCUT2D eigenvalue weighted by atomic mass is 10.1. The molecule has 0 radical (unpaired) electrons. The Morgan fingerprint density at radius 3 is 2.46 bits per heavy atom. The number of benzene rings is 1. The molecule has 0 saturated carbocycles. The zero-order chi connectivity index (χ0) is 19.4. The zero-order valence-electron chi connectivity index (χ0n) is 16.5. The van der Waals surface area contributed by atoms with Crippen molar-refractivity contribution in [3.8, 4) is 0 Å². The Balaban J connectivity index is 0.00000163. The molecule has 0 atom stereocenters. The first-order chi connectivity index (χ1) is 12.6. The summed E-state index contributed by atoms with van der Waals surface area (Å²) in [7, 11) is 2.08. The van der Waals surface area contributed by atoms with Crippen LogP contribution in [0.5, 0.6) is 0 Å². The van der Waals surface area contributed by atoms with Gasteiger partial charge >= 0.3 is 0 Å². The molecular formula is C22H30ClN3. The molecule has 0 bridgehead atoms. The molecule has 3 nitrogen and oxygen atoms in total. The van der Waals surface area contributed by atoms with Gasteiger partial charge in [0.1, 0.15) is 0 Å². The summed E-state index contributed by atoms with van der Waals surface area (Å²) in [4.78, 5) is 6.74. The van der Waals surface area contributed by atoms with Crippen LogP contribution in [0, 0.1) is 0 Å². The summed E-state index contributed by atoms with van der Waals surface area (Å²) < 4.78 is 0. The van der Waals surface area contributed by atoms with E-state index in [-0.39, 0.29) is 0 Å². The van der Waals surface area contributed by atoms with Crippen LogP contribution in [0.2, 0.25) is 0 Å². The number of hydrogen-bond acceptors (Lipinski definition) is 3. The Kier molecular flexibility index (Phi) is 10.4. The third-order valence-electron chi connectivity index (χ3n) is 3.63. The van der Waals surface area contributed by atoms with Gasteiger partial charge in [-0.2, -0.15) is 0 Å². The highest BCUT2D eigenvalue weighted by Crippen LogP contribution is 2.25. The number of anilines is 1. The summed E-state index contributed by atoms with van der Waals surface area (Å²) in [5, 5.41) is 4.08. The van der Waals surface area contributed by atoms with Crippen molar-refractivity contribution in [1.82, 2.24) is 4.90 Å². The number of allylic oxidation sites excluding steroid dienone is 3. The number of rotatable bonds is 5. The van der Waals surface area contributed by atoms with Gasteiger partial charge in [0.05, 0.1) is 10.7 Å². The largest absolute Gasteiger partial charge is 0.361 e. The molecule has 4 heteroatoms. The quantitative estimate of drug-likeness (QED) is 0.508. The zero-order valence-corrected chi connectivity index (χ0v) is 17.2. The first-order valence-electron chi connectivity index (χ1n) is 9.05. The molecule has 0 aliphatic carbocycles. The molecule has 0 aromatic heterocycles. The molecule has 1 aromatic carbocycles. The molecule has 1 aliphatic heterocycles. The van der Waals surface area contributed by atoms with Crippen LogP contribution in [0.4, 0.5) is 5.69 Å². The van der Waals surface area contributed by atoms with Gasteiger partial charge in [0.25, 0.3) is 0 Å². The highest BCUT2D eigenvalue weighted by Gasteiger charge is 2.18. The maximum atomic E-state index is 6.60. The molecule has 0 spiro atoms. The van der Waals surface area contributed by atoms with E-state index in [1.807, 2.05) is 88.7 Å². The van der Waals surface area contributed by atoms with Crippen molar-refractivity contribution >= 4 is 23.5 Å². The molecule has 0 amide bonds. The Morgan fingerprint density at radius 1 is 1.15 bits per heavy atom. The van der Waals surface area contributed by atoms with Gasteiger partial charge in [-0.25, -0.2) is 0 Å². The molecule has 140 valence electrons. The average molecular weight is 372 g/mol. The molecule has 0 unspecified atom stereocenters. The minimum Gasteiger partial charge on any atom is -0.361 e. The highest BCUT2D eigenvalue weighted by atomic mass is 35.5. The van der Waals surface area contributed by atoms with E-state index in [9.17, 15) is 0 Å². The fraction of sp³-hybridized carbons (Fsp3) is 0.318. The molecule has 1 N–H and O–H groups in total. The molecule has 2 rings (SSSR count). The van der Waals surface area contributed by atoms with Gasteiger partial charge in [-0.1, -0.05) is 55.8 Å². The van der Waals surface area contributed by atoms with Gasteiger partial charge in [0, 0.05) is 42.3 Å². The number of nitrogens with zero attached hydrogens (tertiary/aromatic N) is 2. The molecule has 0 fully saturated rings. The van der Waals surface area contributed by atoms with Gasteiger partial charge in [-0.15, -0.1) is 0 Å². The third-order valence-corrected chi connectivity index (χ3v) is 4.12. The highest BCUT2D eigenvalue weighted by molar-refractivity contribution is 6.34. The van der Waals surface area contributed by atoms with Crippen LogP contribution in [0.3, 0.4) is 0 Å². The van der Waals surface area contributed by atoms with E-state index in [2.05, 4.69) is 22.3 Å². The first kappa shape index (κ1) is 21.9. The lowest BCUT2D eigenvalue weighted by Gasteiger charge is -2.26. The van der Waals surface area contributed by atoms with E-state index in [0.29, 0.717) is 0 Å². The lowest BCUT2D eigenvalue weighted by molar-refractivity contribution is 0.391. The molecule has 1 aromatic rings. The van der Waals surface area contributed by atoms with E-state index in [1.165, 1.54) is 0 Å². The number of aliphatic imine (C=N–C) groups is 1. The third kappa shape index (κ3) is 7.03. The lowest BCUT2D eigenvalue weighted by Crippen LogP contribution is -2.29. The van der Waals surface area contributed by atoms with Crippen LogP contribution < -0.4 is 5.32 Å². The first-order valence-corrected chi connectivity index (χ1v) is 9.43. The number of hydrogen-bond donors (Lipinski definition) is 1. The van der Waals surface area contributed by atoms with Gasteiger partial charge in [-0.05, 0) is 39.1 Å². The standard InChI is InChI=1S/C20H24ClN3.C2H6/c1-4-9-18(5-2)22-12-16-14-24(3)15-17(20(16)21)13-23-19-10-7-6-8-11-19;1-2/h4-13,23H,14-15H2,1-3H3;1-2H3/b9-4-,17-13+,18-5+,22-12?;. The number of halogens is 1. The van der Waals surface area contributed by atoms with E-state index in [0.717, 1.165) is 40.7 Å². The van der Waals surface area contributed by atoms with Crippen molar-refractivity contribution in [2.75, 3.05) is 25.5 Å². The average Bonchev–Trinajstić information content (AvgIpc) is 2.68. The fourth-order valence-electron chi connectivity index (χ4n) is 2.43. The summed E-state index contributed by atoms with van der Waals surface area (Å²) >= 11 is 6.60. The normalized spacial score (nSPS) is 17.8. The van der Waals surface area contributed by atoms with Crippen LogP contribution in [-0.4, -0.2) is 31.3 Å². The number of likely N-dealkylation sites (N-methyl/N-ethyl adjacent to an activating group) is 1. The molecule has 26 heavy (non-hydrogen) atoms. The molecule has 1 aliphatic rings. The summed E-state index contributed by atoms with van der Waals surface area (Å²) in [6.45, 7) is 9.56.